The molecule has 0 spiro atoms. The zero-order valence-electron chi connectivity index (χ0n) is 29.8. The number of hydrogen-bond donors (Lipinski definition) is 2. The number of hydrogen-bond acceptors (Lipinski definition) is 2. The summed E-state index contributed by atoms with van der Waals surface area (Å²) in [6.07, 6.45) is 0.727. The van der Waals surface area contributed by atoms with Crippen LogP contribution in [0.5, 0.6) is 0 Å². The molecule has 0 aliphatic heterocycles. The molecule has 0 heterocycles. The van der Waals surface area contributed by atoms with Crippen LogP contribution in [0.25, 0.3) is 43.1 Å². The maximum absolute atomic E-state index is 13.3. The molecule has 53 heavy (non-hydrogen) atoms. The van der Waals surface area contributed by atoms with Crippen molar-refractivity contribution >= 4 is 66.5 Å². The molecule has 8 aromatic carbocycles. The van der Waals surface area contributed by atoms with Gasteiger partial charge in [0.15, 0.2) is 0 Å². The third-order valence-corrected chi connectivity index (χ3v) is 10.1. The Hall–Kier alpha value is -6.66. The first-order valence-corrected chi connectivity index (χ1v) is 17.9. The van der Waals surface area contributed by atoms with Crippen LogP contribution >= 0.6 is 0 Å². The Labute approximate surface area is 309 Å². The average molecular weight is 693 g/mol. The van der Waals surface area contributed by atoms with Crippen molar-refractivity contribution in [1.29, 1.82) is 0 Å². The Morgan fingerprint density at radius 2 is 0.736 bits per heavy atom. The van der Waals surface area contributed by atoms with Gasteiger partial charge in [0.25, 0.3) is 0 Å². The standard InChI is InChI=1S/C47H40N4O2/c1-50(30-44-40-15-7-3-11-34(40)28-35-12-4-8-16-41(35)44)46(52)48-38-23-19-32(20-24-38)27-33-21-25-39(26-22-33)49-47(53)51(2)31-45-42-17-9-5-13-36(42)29-37-14-6-10-18-43(37)45/h3-26,28-29H,27,30-31H2,1-2H3,(H,48,52)(H,49,53). The molecule has 2 N–H and O–H groups in total. The van der Waals surface area contributed by atoms with Crippen LogP contribution in [-0.4, -0.2) is 36.0 Å². The van der Waals surface area contributed by atoms with E-state index in [0.29, 0.717) is 13.1 Å². The fourth-order valence-electron chi connectivity index (χ4n) is 7.26. The maximum Gasteiger partial charge on any atom is 0.321 e. The molecule has 6 nitrogen and oxygen atoms in total. The molecule has 260 valence electrons. The largest absolute Gasteiger partial charge is 0.323 e. The van der Waals surface area contributed by atoms with E-state index < -0.39 is 0 Å². The summed E-state index contributed by atoms with van der Waals surface area (Å²) < 4.78 is 0. The van der Waals surface area contributed by atoms with Gasteiger partial charge in [-0.3, -0.25) is 0 Å². The van der Waals surface area contributed by atoms with E-state index in [-0.39, 0.29) is 12.1 Å². The van der Waals surface area contributed by atoms with Crippen molar-refractivity contribution in [3.05, 3.63) is 180 Å². The van der Waals surface area contributed by atoms with Gasteiger partial charge in [0.1, 0.15) is 0 Å². The Morgan fingerprint density at radius 3 is 1.06 bits per heavy atom. The monoisotopic (exact) mass is 692 g/mol. The molecule has 0 aromatic heterocycles. The lowest BCUT2D eigenvalue weighted by Crippen LogP contribution is -2.31. The van der Waals surface area contributed by atoms with E-state index >= 15 is 0 Å². The molecular formula is C47H40N4O2. The van der Waals surface area contributed by atoms with E-state index in [9.17, 15) is 9.59 Å². The van der Waals surface area contributed by atoms with Crippen LogP contribution in [0.4, 0.5) is 21.0 Å². The number of carbonyl (C=O) groups is 2. The summed E-state index contributed by atoms with van der Waals surface area (Å²) in [5.41, 5.74) is 6.01. The van der Waals surface area contributed by atoms with E-state index in [2.05, 4.69) is 71.3 Å². The summed E-state index contributed by atoms with van der Waals surface area (Å²) in [6, 6.07) is 53.4. The van der Waals surface area contributed by atoms with Gasteiger partial charge >= 0.3 is 12.1 Å². The van der Waals surface area contributed by atoms with Crippen LogP contribution in [0, 0.1) is 0 Å². The Balaban J connectivity index is 0.877. The molecule has 8 rings (SSSR count). The minimum Gasteiger partial charge on any atom is -0.323 e. The Bertz CT molecular complexity index is 2320. The summed E-state index contributed by atoms with van der Waals surface area (Å²) in [4.78, 5) is 30.0. The van der Waals surface area contributed by atoms with Gasteiger partial charge in [-0.1, -0.05) is 121 Å². The first-order valence-electron chi connectivity index (χ1n) is 17.9. The normalized spacial score (nSPS) is 11.2. The highest BCUT2D eigenvalue weighted by molar-refractivity contribution is 6.04. The summed E-state index contributed by atoms with van der Waals surface area (Å²) in [5.74, 6) is 0. The average Bonchev–Trinajstić information content (AvgIpc) is 3.19. The van der Waals surface area contributed by atoms with Crippen LogP contribution < -0.4 is 10.6 Å². The second-order valence-corrected chi connectivity index (χ2v) is 13.7. The van der Waals surface area contributed by atoms with Gasteiger partial charge in [0.05, 0.1) is 0 Å². The van der Waals surface area contributed by atoms with E-state index in [0.717, 1.165) is 61.6 Å². The van der Waals surface area contributed by atoms with Crippen molar-refractivity contribution in [2.45, 2.75) is 19.5 Å². The number of fused-ring (bicyclic) bond motifs is 4. The van der Waals surface area contributed by atoms with Crippen LogP contribution in [0.2, 0.25) is 0 Å². The number of rotatable bonds is 8. The Morgan fingerprint density at radius 1 is 0.434 bits per heavy atom. The lowest BCUT2D eigenvalue weighted by Gasteiger charge is -2.21. The molecule has 0 fully saturated rings. The van der Waals surface area contributed by atoms with Crippen LogP contribution in [0.3, 0.4) is 0 Å². The topological polar surface area (TPSA) is 64.7 Å². The molecule has 6 heteroatoms. The molecule has 0 radical (unpaired) electrons. The van der Waals surface area contributed by atoms with Crippen molar-refractivity contribution in [2.24, 2.45) is 0 Å². The second-order valence-electron chi connectivity index (χ2n) is 13.7. The van der Waals surface area contributed by atoms with Crippen molar-refractivity contribution in [2.75, 3.05) is 24.7 Å². The minimum absolute atomic E-state index is 0.163. The summed E-state index contributed by atoms with van der Waals surface area (Å²) in [7, 11) is 3.66. The zero-order valence-corrected chi connectivity index (χ0v) is 29.8. The lowest BCUT2D eigenvalue weighted by molar-refractivity contribution is 0.220. The third-order valence-electron chi connectivity index (χ3n) is 10.1. The van der Waals surface area contributed by atoms with E-state index in [1.54, 1.807) is 9.80 Å². The molecule has 0 saturated carbocycles. The van der Waals surface area contributed by atoms with Crippen molar-refractivity contribution in [1.82, 2.24) is 9.80 Å². The summed E-state index contributed by atoms with van der Waals surface area (Å²) in [5, 5.41) is 15.4. The predicted molar refractivity (Wildman–Crippen MR) is 220 cm³/mol. The number of anilines is 2. The smallest absolute Gasteiger partial charge is 0.321 e. The van der Waals surface area contributed by atoms with Crippen molar-refractivity contribution < 1.29 is 9.59 Å². The Kier molecular flexibility index (Phi) is 9.18. The highest BCUT2D eigenvalue weighted by Gasteiger charge is 2.16. The van der Waals surface area contributed by atoms with E-state index in [4.69, 9.17) is 0 Å². The highest BCUT2D eigenvalue weighted by Crippen LogP contribution is 2.31. The molecule has 0 atom stereocenters. The van der Waals surface area contributed by atoms with Gasteiger partial charge in [-0.15, -0.1) is 0 Å². The van der Waals surface area contributed by atoms with Gasteiger partial charge < -0.3 is 20.4 Å². The first kappa shape index (κ1) is 33.5. The van der Waals surface area contributed by atoms with E-state index in [1.165, 1.54) is 21.5 Å². The fraction of sp³-hybridized carbons (Fsp3) is 0.106. The molecule has 0 bridgehead atoms. The van der Waals surface area contributed by atoms with E-state index in [1.807, 2.05) is 111 Å². The first-order chi connectivity index (χ1) is 25.9. The third kappa shape index (κ3) is 7.12. The minimum atomic E-state index is -0.163. The zero-order chi connectivity index (χ0) is 36.3. The van der Waals surface area contributed by atoms with Gasteiger partial charge in [0.2, 0.25) is 0 Å². The van der Waals surface area contributed by atoms with Crippen molar-refractivity contribution in [3.8, 4) is 0 Å². The number of nitrogens with one attached hydrogen (secondary N) is 2. The fourth-order valence-corrected chi connectivity index (χ4v) is 7.26. The summed E-state index contributed by atoms with van der Waals surface area (Å²) in [6.45, 7) is 0.972. The number of benzene rings is 8. The van der Waals surface area contributed by atoms with Gasteiger partial charge in [-0.2, -0.15) is 0 Å². The lowest BCUT2D eigenvalue weighted by atomic mass is 9.96. The second kappa shape index (κ2) is 14.5. The van der Waals surface area contributed by atoms with Gasteiger partial charge in [-0.05, 0) is 108 Å². The molecule has 0 aliphatic rings. The van der Waals surface area contributed by atoms with Crippen LogP contribution in [-0.2, 0) is 19.5 Å². The molecule has 8 aromatic rings. The highest BCUT2D eigenvalue weighted by atomic mass is 16.2. The summed E-state index contributed by atoms with van der Waals surface area (Å²) >= 11 is 0. The quantitative estimate of drug-likeness (QED) is 0.156. The predicted octanol–water partition coefficient (Wildman–Crippen LogP) is 11.2. The number of urea groups is 2. The molecule has 0 unspecified atom stereocenters. The van der Waals surface area contributed by atoms with Crippen LogP contribution in [0.1, 0.15) is 22.3 Å². The van der Waals surface area contributed by atoms with Crippen LogP contribution in [0.15, 0.2) is 158 Å². The van der Waals surface area contributed by atoms with Gasteiger partial charge in [-0.25, -0.2) is 9.59 Å². The molecule has 4 amide bonds. The number of carbonyl (C=O) groups excluding carboxylic acids is 2. The maximum atomic E-state index is 13.3. The number of nitrogens with zero attached hydrogens (tertiary/aromatic N) is 2. The van der Waals surface area contributed by atoms with Gasteiger partial charge in [0, 0.05) is 38.6 Å². The molecule has 0 saturated heterocycles. The number of amides is 4. The molecular weight excluding hydrogens is 653 g/mol. The molecule has 0 aliphatic carbocycles. The van der Waals surface area contributed by atoms with Crippen molar-refractivity contribution in [3.63, 3.8) is 0 Å². The SMILES string of the molecule is CN(Cc1c2ccccc2cc2ccccc12)C(=O)Nc1ccc(Cc2ccc(NC(=O)N(C)Cc3c4ccccc4cc4ccccc34)cc2)cc1.